The third kappa shape index (κ3) is 2.94. The monoisotopic (exact) mass is 256 g/mol. The molecule has 1 saturated carbocycles. The Balaban J connectivity index is 2.00. The molecule has 0 aromatic carbocycles. The van der Waals surface area contributed by atoms with Crippen molar-refractivity contribution in [3.05, 3.63) is 12.0 Å². The fourth-order valence-corrected chi connectivity index (χ4v) is 3.08. The van der Waals surface area contributed by atoms with Crippen molar-refractivity contribution in [2.45, 2.75) is 37.0 Å². The molecule has 0 aliphatic heterocycles. The fraction of sp³-hybridized carbons (Fsp3) is 0.636. The van der Waals surface area contributed by atoms with Crippen molar-refractivity contribution < 1.29 is 14.3 Å². The molecule has 6 heteroatoms. The maximum Gasteiger partial charge on any atom is 0.357 e. The van der Waals surface area contributed by atoms with Crippen LogP contribution in [-0.2, 0) is 0 Å². The summed E-state index contributed by atoms with van der Waals surface area (Å²) in [6.45, 7) is 0. The second-order valence-corrected chi connectivity index (χ2v) is 5.23. The van der Waals surface area contributed by atoms with E-state index in [0.29, 0.717) is 17.3 Å². The van der Waals surface area contributed by atoms with E-state index < -0.39 is 5.97 Å². The molecule has 0 amide bonds. The molecule has 1 fully saturated rings. The first kappa shape index (κ1) is 12.3. The van der Waals surface area contributed by atoms with E-state index in [1.165, 1.54) is 25.5 Å². The van der Waals surface area contributed by atoms with E-state index in [2.05, 4.69) is 16.6 Å². The number of carbonyl (C=O) groups is 1. The molecule has 1 aliphatic carbocycles. The molecular weight excluding hydrogens is 240 g/mol. The number of carboxylic acids is 1. The van der Waals surface area contributed by atoms with Gasteiger partial charge in [-0.2, -0.15) is 16.7 Å². The Kier molecular flexibility index (Phi) is 3.93. The van der Waals surface area contributed by atoms with Crippen LogP contribution in [0.3, 0.4) is 0 Å². The number of anilines is 1. The van der Waals surface area contributed by atoms with Crippen molar-refractivity contribution in [1.29, 1.82) is 0 Å². The second kappa shape index (κ2) is 5.44. The van der Waals surface area contributed by atoms with Crippen LogP contribution in [-0.4, -0.2) is 33.6 Å². The summed E-state index contributed by atoms with van der Waals surface area (Å²) in [6, 6.07) is 0.632. The van der Waals surface area contributed by atoms with E-state index in [0.717, 1.165) is 6.42 Å². The molecule has 1 aromatic heterocycles. The van der Waals surface area contributed by atoms with Gasteiger partial charge in [0.2, 0.25) is 0 Å². The first-order chi connectivity index (χ1) is 8.20. The lowest BCUT2D eigenvalue weighted by atomic mass is 9.95. The Bertz CT molecular complexity index is 394. The number of oxazole rings is 1. The molecule has 0 radical (unpaired) electrons. The van der Waals surface area contributed by atoms with Gasteiger partial charge in [0.15, 0.2) is 5.69 Å². The molecule has 0 bridgehead atoms. The van der Waals surface area contributed by atoms with Crippen molar-refractivity contribution >= 4 is 23.7 Å². The minimum Gasteiger partial charge on any atom is -0.476 e. The van der Waals surface area contributed by atoms with E-state index in [1.807, 2.05) is 11.8 Å². The summed E-state index contributed by atoms with van der Waals surface area (Å²) in [5.74, 6) is -1.06. The first-order valence-electron chi connectivity index (χ1n) is 5.69. The molecule has 2 unspecified atom stereocenters. The van der Waals surface area contributed by atoms with Crippen LogP contribution in [0.25, 0.3) is 0 Å². The van der Waals surface area contributed by atoms with E-state index in [1.54, 1.807) is 0 Å². The van der Waals surface area contributed by atoms with Gasteiger partial charge in [-0.15, -0.1) is 0 Å². The first-order valence-corrected chi connectivity index (χ1v) is 6.97. The summed E-state index contributed by atoms with van der Waals surface area (Å²) in [6.07, 6.45) is 7.99. The third-order valence-electron chi connectivity index (χ3n) is 3.04. The average molecular weight is 256 g/mol. The molecule has 2 rings (SSSR count). The second-order valence-electron chi connectivity index (χ2n) is 4.15. The van der Waals surface area contributed by atoms with Gasteiger partial charge in [0.25, 0.3) is 6.01 Å². The third-order valence-corrected chi connectivity index (χ3v) is 4.21. The molecular formula is C11H16N2O3S. The molecule has 0 spiro atoms. The van der Waals surface area contributed by atoms with Crippen LogP contribution in [0.4, 0.5) is 6.01 Å². The maximum absolute atomic E-state index is 10.7. The highest BCUT2D eigenvalue weighted by Gasteiger charge is 2.25. The SMILES string of the molecule is CSC1CCCCC1Nc1nc(C(=O)O)co1. The lowest BCUT2D eigenvalue weighted by Crippen LogP contribution is -2.34. The maximum atomic E-state index is 10.7. The van der Waals surface area contributed by atoms with Crippen molar-refractivity contribution in [3.63, 3.8) is 0 Å². The molecule has 1 aromatic rings. The molecule has 2 N–H and O–H groups in total. The number of thioether (sulfide) groups is 1. The van der Waals surface area contributed by atoms with E-state index >= 15 is 0 Å². The Labute approximate surface area is 104 Å². The predicted octanol–water partition coefficient (Wildman–Crippen LogP) is 2.46. The lowest BCUT2D eigenvalue weighted by Gasteiger charge is -2.30. The van der Waals surface area contributed by atoms with E-state index in [4.69, 9.17) is 9.52 Å². The minimum atomic E-state index is -1.06. The summed E-state index contributed by atoms with van der Waals surface area (Å²) in [7, 11) is 0. The lowest BCUT2D eigenvalue weighted by molar-refractivity contribution is 0.0690. The van der Waals surface area contributed by atoms with Crippen LogP contribution in [0.5, 0.6) is 0 Å². The molecule has 5 nitrogen and oxygen atoms in total. The molecule has 0 saturated heterocycles. The van der Waals surface area contributed by atoms with Gasteiger partial charge in [-0.25, -0.2) is 4.79 Å². The Morgan fingerprint density at radius 3 is 3.00 bits per heavy atom. The average Bonchev–Trinajstić information content (AvgIpc) is 2.78. The largest absolute Gasteiger partial charge is 0.476 e. The smallest absolute Gasteiger partial charge is 0.357 e. The number of hydrogen-bond donors (Lipinski definition) is 2. The highest BCUT2D eigenvalue weighted by molar-refractivity contribution is 7.99. The number of nitrogens with one attached hydrogen (secondary N) is 1. The summed E-state index contributed by atoms with van der Waals surface area (Å²) in [5, 5.41) is 12.5. The summed E-state index contributed by atoms with van der Waals surface area (Å²) in [4.78, 5) is 14.6. The van der Waals surface area contributed by atoms with Crippen molar-refractivity contribution in [2.75, 3.05) is 11.6 Å². The fourth-order valence-electron chi connectivity index (χ4n) is 2.14. The zero-order chi connectivity index (χ0) is 12.3. The molecule has 17 heavy (non-hydrogen) atoms. The van der Waals surface area contributed by atoms with Crippen LogP contribution in [0.15, 0.2) is 10.7 Å². The topological polar surface area (TPSA) is 75.4 Å². The van der Waals surface area contributed by atoms with Gasteiger partial charge in [-0.05, 0) is 19.1 Å². The van der Waals surface area contributed by atoms with Gasteiger partial charge < -0.3 is 14.8 Å². The Morgan fingerprint density at radius 1 is 1.59 bits per heavy atom. The van der Waals surface area contributed by atoms with Crippen molar-refractivity contribution in [3.8, 4) is 0 Å². The van der Waals surface area contributed by atoms with Crippen molar-refractivity contribution in [1.82, 2.24) is 4.98 Å². The van der Waals surface area contributed by atoms with Crippen molar-refractivity contribution in [2.24, 2.45) is 0 Å². The number of aromatic nitrogens is 1. The van der Waals surface area contributed by atoms with Crippen LogP contribution in [0.2, 0.25) is 0 Å². The van der Waals surface area contributed by atoms with E-state index in [-0.39, 0.29) is 5.69 Å². The standard InChI is InChI=1S/C11H16N2O3S/c1-17-9-5-3-2-4-7(9)12-11-13-8(6-16-11)10(14)15/h6-7,9H,2-5H2,1H3,(H,12,13)(H,14,15). The number of rotatable bonds is 4. The summed E-state index contributed by atoms with van der Waals surface area (Å²) in [5.41, 5.74) is -0.0518. The van der Waals surface area contributed by atoms with Gasteiger partial charge in [0, 0.05) is 11.3 Å². The minimum absolute atomic E-state index is 0.0518. The van der Waals surface area contributed by atoms with Crippen LogP contribution in [0, 0.1) is 0 Å². The van der Waals surface area contributed by atoms with Gasteiger partial charge >= 0.3 is 5.97 Å². The zero-order valence-corrected chi connectivity index (χ0v) is 10.5. The van der Waals surface area contributed by atoms with Gasteiger partial charge in [-0.3, -0.25) is 0 Å². The summed E-state index contributed by atoms with van der Waals surface area (Å²) < 4.78 is 5.11. The van der Waals surface area contributed by atoms with Crippen LogP contribution in [0.1, 0.15) is 36.2 Å². The van der Waals surface area contributed by atoms with E-state index in [9.17, 15) is 4.79 Å². The van der Waals surface area contributed by atoms with Crippen LogP contribution >= 0.6 is 11.8 Å². The molecule has 1 aliphatic rings. The number of carboxylic acid groups (broad SMARTS) is 1. The molecule has 94 valence electrons. The van der Waals surface area contributed by atoms with Gasteiger partial charge in [0.1, 0.15) is 6.26 Å². The quantitative estimate of drug-likeness (QED) is 0.862. The highest BCUT2D eigenvalue weighted by Crippen LogP contribution is 2.29. The normalized spacial score (nSPS) is 24.5. The predicted molar refractivity (Wildman–Crippen MR) is 66.6 cm³/mol. The zero-order valence-electron chi connectivity index (χ0n) is 9.68. The van der Waals surface area contributed by atoms with Crippen LogP contribution < -0.4 is 5.32 Å². The number of aromatic carboxylic acids is 1. The van der Waals surface area contributed by atoms with Gasteiger partial charge in [-0.1, -0.05) is 12.8 Å². The van der Waals surface area contributed by atoms with Gasteiger partial charge in [0.05, 0.1) is 0 Å². The Morgan fingerprint density at radius 2 is 2.35 bits per heavy atom. The highest BCUT2D eigenvalue weighted by atomic mass is 32.2. The summed E-state index contributed by atoms with van der Waals surface area (Å²) >= 11 is 1.84. The number of hydrogen-bond acceptors (Lipinski definition) is 5. The molecule has 2 atom stereocenters. The number of nitrogens with zero attached hydrogens (tertiary/aromatic N) is 1. The molecule has 1 heterocycles. The Hall–Kier alpha value is -1.17.